The Labute approximate surface area is 116 Å². The zero-order valence-corrected chi connectivity index (χ0v) is 11.5. The summed E-state index contributed by atoms with van der Waals surface area (Å²) >= 11 is 0. The van der Waals surface area contributed by atoms with Crippen molar-refractivity contribution in [3.63, 3.8) is 0 Å². The van der Waals surface area contributed by atoms with Crippen LogP contribution in [0.2, 0.25) is 0 Å². The predicted octanol–water partition coefficient (Wildman–Crippen LogP) is 2.63. The first-order chi connectivity index (χ1) is 9.23. The van der Waals surface area contributed by atoms with Gasteiger partial charge in [0.05, 0.1) is 17.3 Å². The topological polar surface area (TPSA) is 79.2 Å². The standard InChI is InChI=1S/C14H15FN2O3/c1-14(2,3)20-13(19)9-4-5-10(15)11(8-9)17-12(18)6-7-16/h4-5,8H,6H2,1-3H3,(H,17,18). The van der Waals surface area contributed by atoms with Crippen molar-refractivity contribution < 1.29 is 18.7 Å². The molecule has 0 aliphatic carbocycles. The summed E-state index contributed by atoms with van der Waals surface area (Å²) in [5.74, 6) is -1.95. The van der Waals surface area contributed by atoms with Gasteiger partial charge in [-0.05, 0) is 39.0 Å². The van der Waals surface area contributed by atoms with E-state index in [4.69, 9.17) is 10.00 Å². The van der Waals surface area contributed by atoms with Crippen molar-refractivity contribution in [2.24, 2.45) is 0 Å². The minimum absolute atomic E-state index is 0.119. The van der Waals surface area contributed by atoms with Crippen molar-refractivity contribution in [2.45, 2.75) is 32.8 Å². The van der Waals surface area contributed by atoms with Crippen LogP contribution in [0.3, 0.4) is 0 Å². The minimum Gasteiger partial charge on any atom is -0.456 e. The summed E-state index contributed by atoms with van der Waals surface area (Å²) in [7, 11) is 0. The van der Waals surface area contributed by atoms with E-state index in [1.165, 1.54) is 12.1 Å². The number of benzene rings is 1. The Bertz CT molecular complexity index is 571. The first-order valence-electron chi connectivity index (χ1n) is 5.92. The van der Waals surface area contributed by atoms with Crippen molar-refractivity contribution in [1.29, 1.82) is 5.26 Å². The molecule has 0 aliphatic rings. The van der Waals surface area contributed by atoms with Crippen LogP contribution in [0.4, 0.5) is 10.1 Å². The van der Waals surface area contributed by atoms with Gasteiger partial charge in [0.15, 0.2) is 0 Å². The Morgan fingerprint density at radius 1 is 1.40 bits per heavy atom. The zero-order chi connectivity index (χ0) is 15.3. The third-order valence-electron chi connectivity index (χ3n) is 2.11. The Hall–Kier alpha value is -2.42. The molecule has 0 spiro atoms. The number of nitrogens with one attached hydrogen (secondary N) is 1. The monoisotopic (exact) mass is 278 g/mol. The normalized spacial score (nSPS) is 10.6. The Morgan fingerprint density at radius 3 is 2.60 bits per heavy atom. The smallest absolute Gasteiger partial charge is 0.338 e. The van der Waals surface area contributed by atoms with E-state index in [0.717, 1.165) is 6.07 Å². The molecule has 1 aromatic rings. The maximum absolute atomic E-state index is 13.5. The van der Waals surface area contributed by atoms with Crippen molar-refractivity contribution in [3.05, 3.63) is 29.6 Å². The van der Waals surface area contributed by atoms with Crippen molar-refractivity contribution >= 4 is 17.6 Å². The second kappa shape index (κ2) is 6.15. The fourth-order valence-corrected chi connectivity index (χ4v) is 1.35. The Morgan fingerprint density at radius 2 is 2.05 bits per heavy atom. The van der Waals surface area contributed by atoms with Gasteiger partial charge >= 0.3 is 5.97 Å². The fourth-order valence-electron chi connectivity index (χ4n) is 1.35. The number of nitriles is 1. The second-order valence-electron chi connectivity index (χ2n) is 5.08. The highest BCUT2D eigenvalue weighted by Crippen LogP contribution is 2.19. The van der Waals surface area contributed by atoms with E-state index >= 15 is 0 Å². The number of carbonyl (C=O) groups is 2. The highest BCUT2D eigenvalue weighted by Gasteiger charge is 2.19. The molecule has 1 aromatic carbocycles. The van der Waals surface area contributed by atoms with Crippen LogP contribution >= 0.6 is 0 Å². The summed E-state index contributed by atoms with van der Waals surface area (Å²) < 4.78 is 18.7. The predicted molar refractivity (Wildman–Crippen MR) is 70.4 cm³/mol. The lowest BCUT2D eigenvalue weighted by Crippen LogP contribution is -2.24. The lowest BCUT2D eigenvalue weighted by molar-refractivity contribution is -0.115. The van der Waals surface area contributed by atoms with Gasteiger partial charge in [-0.25, -0.2) is 9.18 Å². The molecular formula is C14H15FN2O3. The number of hydrogen-bond donors (Lipinski definition) is 1. The quantitative estimate of drug-likeness (QED) is 0.862. The Balaban J connectivity index is 2.94. The average molecular weight is 278 g/mol. The van der Waals surface area contributed by atoms with Gasteiger partial charge in [-0.15, -0.1) is 0 Å². The molecule has 20 heavy (non-hydrogen) atoms. The Kier molecular flexibility index (Phi) is 4.81. The van der Waals surface area contributed by atoms with E-state index in [1.807, 2.05) is 0 Å². The molecule has 106 valence electrons. The SMILES string of the molecule is CC(C)(C)OC(=O)c1ccc(F)c(NC(=O)CC#N)c1. The minimum atomic E-state index is -0.691. The molecule has 0 atom stereocenters. The van der Waals surface area contributed by atoms with Gasteiger partial charge in [-0.1, -0.05) is 0 Å². The van der Waals surface area contributed by atoms with Crippen LogP contribution in [0.25, 0.3) is 0 Å². The molecule has 1 amide bonds. The van der Waals surface area contributed by atoms with Gasteiger partial charge in [0, 0.05) is 0 Å². The van der Waals surface area contributed by atoms with Crippen LogP contribution in [0.15, 0.2) is 18.2 Å². The lowest BCUT2D eigenvalue weighted by Gasteiger charge is -2.19. The summed E-state index contributed by atoms with van der Waals surface area (Å²) in [6.45, 7) is 5.14. The number of halogens is 1. The maximum atomic E-state index is 13.5. The summed E-state index contributed by atoms with van der Waals surface area (Å²) in [6.07, 6.45) is -0.393. The van der Waals surface area contributed by atoms with E-state index < -0.39 is 29.7 Å². The molecule has 5 nitrogen and oxygen atoms in total. The number of ether oxygens (including phenoxy) is 1. The number of carbonyl (C=O) groups excluding carboxylic acids is 2. The first kappa shape index (κ1) is 15.6. The van der Waals surface area contributed by atoms with Crippen LogP contribution < -0.4 is 5.32 Å². The number of nitrogens with zero attached hydrogens (tertiary/aromatic N) is 1. The maximum Gasteiger partial charge on any atom is 0.338 e. The van der Waals surface area contributed by atoms with E-state index in [9.17, 15) is 14.0 Å². The van der Waals surface area contributed by atoms with Crippen LogP contribution in [-0.4, -0.2) is 17.5 Å². The number of amides is 1. The molecule has 1 rings (SSSR count). The highest BCUT2D eigenvalue weighted by atomic mass is 19.1. The summed E-state index contributed by atoms with van der Waals surface area (Å²) in [5, 5.41) is 10.6. The van der Waals surface area contributed by atoms with Crippen molar-refractivity contribution in [2.75, 3.05) is 5.32 Å². The molecule has 0 heterocycles. The van der Waals surface area contributed by atoms with Gasteiger partial charge < -0.3 is 10.1 Å². The average Bonchev–Trinajstić information content (AvgIpc) is 2.30. The van der Waals surface area contributed by atoms with Gasteiger partial charge in [-0.3, -0.25) is 4.79 Å². The molecule has 0 saturated carbocycles. The summed E-state index contributed by atoms with van der Waals surface area (Å²) in [4.78, 5) is 23.1. The third kappa shape index (κ3) is 4.69. The summed E-state index contributed by atoms with van der Waals surface area (Å²) in [5.41, 5.74) is -0.711. The number of anilines is 1. The van der Waals surface area contributed by atoms with Crippen LogP contribution in [0.5, 0.6) is 0 Å². The van der Waals surface area contributed by atoms with E-state index in [2.05, 4.69) is 5.32 Å². The molecule has 0 radical (unpaired) electrons. The summed E-state index contributed by atoms with van der Waals surface area (Å²) in [6, 6.07) is 5.15. The number of esters is 1. The van der Waals surface area contributed by atoms with E-state index in [0.29, 0.717) is 0 Å². The van der Waals surface area contributed by atoms with Gasteiger partial charge in [0.2, 0.25) is 5.91 Å². The van der Waals surface area contributed by atoms with Crippen LogP contribution in [-0.2, 0) is 9.53 Å². The molecular weight excluding hydrogens is 263 g/mol. The van der Waals surface area contributed by atoms with E-state index in [-0.39, 0.29) is 11.3 Å². The van der Waals surface area contributed by atoms with Crippen molar-refractivity contribution in [3.8, 4) is 6.07 Å². The van der Waals surface area contributed by atoms with Crippen molar-refractivity contribution in [1.82, 2.24) is 0 Å². The molecule has 0 fully saturated rings. The third-order valence-corrected chi connectivity index (χ3v) is 2.11. The van der Waals surface area contributed by atoms with Crippen LogP contribution in [0, 0.1) is 17.1 Å². The van der Waals surface area contributed by atoms with Gasteiger partial charge in [-0.2, -0.15) is 5.26 Å². The highest BCUT2D eigenvalue weighted by molar-refractivity contribution is 5.95. The second-order valence-corrected chi connectivity index (χ2v) is 5.08. The first-order valence-corrected chi connectivity index (χ1v) is 5.92. The molecule has 0 unspecified atom stereocenters. The molecule has 1 N–H and O–H groups in total. The van der Waals surface area contributed by atoms with Crippen LogP contribution in [0.1, 0.15) is 37.6 Å². The zero-order valence-electron chi connectivity index (χ0n) is 11.5. The number of rotatable bonds is 3. The molecule has 0 aliphatic heterocycles. The molecule has 0 aromatic heterocycles. The fraction of sp³-hybridized carbons (Fsp3) is 0.357. The molecule has 6 heteroatoms. The largest absolute Gasteiger partial charge is 0.456 e. The van der Waals surface area contributed by atoms with Gasteiger partial charge in [0.25, 0.3) is 0 Å². The lowest BCUT2D eigenvalue weighted by atomic mass is 10.1. The molecule has 0 bridgehead atoms. The van der Waals surface area contributed by atoms with E-state index in [1.54, 1.807) is 26.8 Å². The molecule has 0 saturated heterocycles. The van der Waals surface area contributed by atoms with Gasteiger partial charge in [0.1, 0.15) is 17.8 Å². The number of hydrogen-bond acceptors (Lipinski definition) is 4.